The Morgan fingerprint density at radius 2 is 1.92 bits per heavy atom. The summed E-state index contributed by atoms with van der Waals surface area (Å²) in [7, 11) is -1.58. The number of hydrogen-bond donors (Lipinski definition) is 2. The van der Waals surface area contributed by atoms with Crippen LogP contribution in [0.25, 0.3) is 0 Å². The maximum absolute atomic E-state index is 13.5. The van der Waals surface area contributed by atoms with E-state index in [2.05, 4.69) is 10.6 Å². The van der Waals surface area contributed by atoms with E-state index >= 15 is 0 Å². The van der Waals surface area contributed by atoms with Gasteiger partial charge >= 0.3 is 0 Å². The fraction of sp³-hybridized carbons (Fsp3) is 0.348. The number of carbonyl (C=O) groups excluding carboxylic acids is 3. The largest absolute Gasteiger partial charge is 0.496 e. The number of nitrogens with zero attached hydrogens (tertiary/aromatic N) is 1. The second kappa shape index (κ2) is 11.9. The Balaban J connectivity index is 1.94. The first-order valence-electron chi connectivity index (χ1n) is 10.8. The van der Waals surface area contributed by atoms with Gasteiger partial charge in [-0.05, 0) is 48.4 Å². The average Bonchev–Trinajstić information content (AvgIpc) is 2.98. The van der Waals surface area contributed by atoms with Crippen LogP contribution in [0.5, 0.6) is 5.75 Å². The van der Waals surface area contributed by atoms with Crippen molar-refractivity contribution in [3.05, 3.63) is 57.6 Å². The molecular weight excluding hydrogens is 533 g/mol. The number of carbonyl (C=O) groups is 3. The third kappa shape index (κ3) is 6.28. The van der Waals surface area contributed by atoms with E-state index in [1.165, 1.54) is 26.4 Å². The molecule has 1 aliphatic heterocycles. The summed E-state index contributed by atoms with van der Waals surface area (Å²) < 4.78 is 37.7. The molecule has 13 heteroatoms. The first-order chi connectivity index (χ1) is 17.1. The van der Waals surface area contributed by atoms with Crippen LogP contribution in [-0.4, -0.2) is 70.9 Å². The molecule has 194 valence electrons. The van der Waals surface area contributed by atoms with Gasteiger partial charge in [-0.15, -0.1) is 0 Å². The Morgan fingerprint density at radius 1 is 1.17 bits per heavy atom. The first-order valence-corrected chi connectivity index (χ1v) is 13.0. The SMILES string of the molecule is COCCNC(=O)c1cc(S(=O)(=O)N2CC(=O)NCC(Cc3cc(Cl)ccc3OC)C2=O)ccc1Cl. The zero-order chi connectivity index (χ0) is 26.5. The summed E-state index contributed by atoms with van der Waals surface area (Å²) in [5, 5.41) is 5.58. The van der Waals surface area contributed by atoms with E-state index < -0.39 is 40.2 Å². The van der Waals surface area contributed by atoms with Crippen molar-refractivity contribution in [2.45, 2.75) is 11.3 Å². The molecule has 1 saturated heterocycles. The molecule has 1 unspecified atom stereocenters. The number of nitrogens with one attached hydrogen (secondary N) is 2. The van der Waals surface area contributed by atoms with E-state index in [9.17, 15) is 22.8 Å². The van der Waals surface area contributed by atoms with Gasteiger partial charge in [0.15, 0.2) is 0 Å². The third-order valence-electron chi connectivity index (χ3n) is 5.50. The van der Waals surface area contributed by atoms with Crippen LogP contribution in [0, 0.1) is 5.92 Å². The van der Waals surface area contributed by atoms with Crippen LogP contribution in [0.2, 0.25) is 10.0 Å². The van der Waals surface area contributed by atoms with Gasteiger partial charge in [-0.3, -0.25) is 14.4 Å². The molecule has 2 N–H and O–H groups in total. The van der Waals surface area contributed by atoms with Gasteiger partial charge in [-0.1, -0.05) is 23.2 Å². The predicted octanol–water partition coefficient (Wildman–Crippen LogP) is 1.88. The van der Waals surface area contributed by atoms with Crippen LogP contribution >= 0.6 is 23.2 Å². The van der Waals surface area contributed by atoms with Crippen LogP contribution < -0.4 is 15.4 Å². The molecule has 1 fully saturated rings. The van der Waals surface area contributed by atoms with Crippen molar-refractivity contribution in [3.8, 4) is 5.75 Å². The van der Waals surface area contributed by atoms with Gasteiger partial charge in [0.2, 0.25) is 11.8 Å². The van der Waals surface area contributed by atoms with E-state index in [4.69, 9.17) is 32.7 Å². The van der Waals surface area contributed by atoms with Gasteiger partial charge in [0.1, 0.15) is 12.3 Å². The van der Waals surface area contributed by atoms with Crippen molar-refractivity contribution in [1.29, 1.82) is 0 Å². The summed E-state index contributed by atoms with van der Waals surface area (Å²) in [5.74, 6) is -2.47. The summed E-state index contributed by atoms with van der Waals surface area (Å²) in [4.78, 5) is 37.9. The van der Waals surface area contributed by atoms with Crippen LogP contribution in [0.3, 0.4) is 0 Å². The van der Waals surface area contributed by atoms with Gasteiger partial charge in [-0.2, -0.15) is 0 Å². The molecule has 0 aromatic heterocycles. The Bertz CT molecular complexity index is 1270. The lowest BCUT2D eigenvalue weighted by molar-refractivity contribution is -0.131. The molecular formula is C23H25Cl2N3O7S. The smallest absolute Gasteiger partial charge is 0.267 e. The highest BCUT2D eigenvalue weighted by atomic mass is 35.5. The second-order valence-corrected chi connectivity index (χ2v) is 10.6. The van der Waals surface area contributed by atoms with Gasteiger partial charge in [-0.25, -0.2) is 12.7 Å². The quantitative estimate of drug-likeness (QED) is 0.450. The minimum absolute atomic E-state index is 0.0229. The topological polar surface area (TPSA) is 131 Å². The standard InChI is InChI=1S/C23H25Cl2N3O7S/c1-34-8-7-26-22(30)18-11-17(4-5-19(18)25)36(32,33)28-13-21(29)27-12-15(23(28)31)9-14-10-16(24)3-6-20(14)35-2/h3-6,10-11,15H,7-9,12-13H2,1-2H3,(H,26,30)(H,27,29). The first kappa shape index (κ1) is 27.7. The summed E-state index contributed by atoms with van der Waals surface area (Å²) >= 11 is 12.2. The molecule has 10 nitrogen and oxygen atoms in total. The summed E-state index contributed by atoms with van der Waals surface area (Å²) in [5.41, 5.74) is 0.485. The van der Waals surface area contributed by atoms with Crippen LogP contribution in [-0.2, 0) is 30.8 Å². The summed E-state index contributed by atoms with van der Waals surface area (Å²) in [6, 6.07) is 8.38. The molecule has 2 aromatic carbocycles. The molecule has 2 aromatic rings. The normalized spacial score (nSPS) is 16.3. The highest BCUT2D eigenvalue weighted by Crippen LogP contribution is 2.29. The zero-order valence-corrected chi connectivity index (χ0v) is 21.9. The Hall–Kier alpha value is -2.86. The van der Waals surface area contributed by atoms with E-state index in [1.54, 1.807) is 18.2 Å². The van der Waals surface area contributed by atoms with E-state index in [1.807, 2.05) is 0 Å². The number of rotatable bonds is 9. The van der Waals surface area contributed by atoms with E-state index in [-0.39, 0.29) is 41.6 Å². The fourth-order valence-electron chi connectivity index (χ4n) is 3.66. The molecule has 3 rings (SSSR count). The second-order valence-electron chi connectivity index (χ2n) is 7.90. The lowest BCUT2D eigenvalue weighted by Gasteiger charge is -2.23. The maximum atomic E-state index is 13.5. The third-order valence-corrected chi connectivity index (χ3v) is 7.80. The minimum atomic E-state index is -4.51. The highest BCUT2D eigenvalue weighted by molar-refractivity contribution is 7.89. The molecule has 0 aliphatic carbocycles. The zero-order valence-electron chi connectivity index (χ0n) is 19.5. The maximum Gasteiger partial charge on any atom is 0.267 e. The Kier molecular flexibility index (Phi) is 9.18. The van der Waals surface area contributed by atoms with Crippen LogP contribution in [0.1, 0.15) is 15.9 Å². The average molecular weight is 558 g/mol. The van der Waals surface area contributed by atoms with E-state index in [0.717, 1.165) is 6.07 Å². The number of sulfonamides is 1. The summed E-state index contributed by atoms with van der Waals surface area (Å²) in [6.07, 6.45) is 0.0721. The Labute approximate surface area is 218 Å². The van der Waals surface area contributed by atoms with Crippen molar-refractivity contribution in [2.75, 3.05) is 40.5 Å². The Morgan fingerprint density at radius 3 is 2.61 bits per heavy atom. The highest BCUT2D eigenvalue weighted by Gasteiger charge is 2.38. The number of methoxy groups -OCH3 is 2. The molecule has 1 atom stereocenters. The predicted molar refractivity (Wildman–Crippen MR) is 133 cm³/mol. The van der Waals surface area contributed by atoms with Crippen molar-refractivity contribution in [3.63, 3.8) is 0 Å². The molecule has 1 aliphatic rings. The van der Waals surface area contributed by atoms with E-state index in [0.29, 0.717) is 20.6 Å². The van der Waals surface area contributed by atoms with Crippen molar-refractivity contribution < 1.29 is 32.3 Å². The molecule has 3 amide bonds. The molecule has 0 bridgehead atoms. The molecule has 36 heavy (non-hydrogen) atoms. The number of ether oxygens (including phenoxy) is 2. The van der Waals surface area contributed by atoms with Gasteiger partial charge < -0.3 is 20.1 Å². The number of halogens is 2. The van der Waals surface area contributed by atoms with Crippen molar-refractivity contribution in [2.24, 2.45) is 5.92 Å². The lowest BCUT2D eigenvalue weighted by atomic mass is 9.98. The fourth-order valence-corrected chi connectivity index (χ4v) is 5.49. The van der Waals surface area contributed by atoms with Gasteiger partial charge in [0.05, 0.1) is 35.1 Å². The van der Waals surface area contributed by atoms with Crippen LogP contribution in [0.15, 0.2) is 41.3 Å². The summed E-state index contributed by atoms with van der Waals surface area (Å²) in [6.45, 7) is -0.352. The van der Waals surface area contributed by atoms with Crippen LogP contribution in [0.4, 0.5) is 0 Å². The molecule has 0 saturated carbocycles. The van der Waals surface area contributed by atoms with Gasteiger partial charge in [0.25, 0.3) is 15.9 Å². The molecule has 1 heterocycles. The molecule has 0 radical (unpaired) electrons. The molecule has 0 spiro atoms. The number of hydrogen-bond acceptors (Lipinski definition) is 7. The van der Waals surface area contributed by atoms with Gasteiger partial charge in [0, 0.05) is 25.2 Å². The van der Waals surface area contributed by atoms with Crippen molar-refractivity contribution in [1.82, 2.24) is 14.9 Å². The van der Waals surface area contributed by atoms with Crippen molar-refractivity contribution >= 4 is 50.9 Å². The lowest BCUT2D eigenvalue weighted by Crippen LogP contribution is -2.42. The number of benzene rings is 2. The minimum Gasteiger partial charge on any atom is -0.496 e. The monoisotopic (exact) mass is 557 g/mol. The number of amides is 3.